The number of rotatable bonds is 4. The van der Waals surface area contributed by atoms with Crippen molar-refractivity contribution in [1.82, 2.24) is 9.88 Å². The number of hydrogen-bond donors (Lipinski definition) is 0. The van der Waals surface area contributed by atoms with E-state index >= 15 is 0 Å². The zero-order valence-corrected chi connectivity index (χ0v) is 17.8. The van der Waals surface area contributed by atoms with Crippen molar-refractivity contribution >= 4 is 28.4 Å². The molecule has 1 saturated heterocycles. The van der Waals surface area contributed by atoms with E-state index in [1.165, 1.54) is 12.1 Å². The Labute approximate surface area is 185 Å². The van der Waals surface area contributed by atoms with Crippen LogP contribution in [0, 0.1) is 23.1 Å². The second kappa shape index (κ2) is 8.91. The van der Waals surface area contributed by atoms with E-state index in [2.05, 4.69) is 11.1 Å². The van der Waals surface area contributed by atoms with Gasteiger partial charge in [-0.3, -0.25) is 9.78 Å². The van der Waals surface area contributed by atoms with E-state index in [1.807, 2.05) is 12.1 Å². The van der Waals surface area contributed by atoms with E-state index in [-0.39, 0.29) is 11.8 Å². The summed E-state index contributed by atoms with van der Waals surface area (Å²) >= 11 is 6.25. The third-order valence-electron chi connectivity index (χ3n) is 5.51. The van der Waals surface area contributed by atoms with Gasteiger partial charge in [0.25, 0.3) is 5.91 Å². The Bertz CT molecular complexity index is 1180. The quantitative estimate of drug-likeness (QED) is 0.561. The minimum atomic E-state index is -0.676. The molecule has 2 heterocycles. The topological polar surface area (TPSA) is 66.2 Å². The van der Waals surface area contributed by atoms with Crippen molar-refractivity contribution in [3.63, 3.8) is 0 Å². The SMILES string of the molecule is C[C@@H](Oc1ccc2c(-c3ccc(F)cc3Cl)ccnc2c1)C(=O)N1CCCC(C#N)C1. The first-order valence-corrected chi connectivity index (χ1v) is 10.5. The Balaban J connectivity index is 1.56. The van der Waals surface area contributed by atoms with Crippen molar-refractivity contribution in [3.8, 4) is 22.9 Å². The number of carbonyl (C=O) groups excluding carboxylic acids is 1. The van der Waals surface area contributed by atoms with E-state index in [0.717, 1.165) is 23.8 Å². The molecule has 158 valence electrons. The summed E-state index contributed by atoms with van der Waals surface area (Å²) in [5, 5.41) is 10.3. The van der Waals surface area contributed by atoms with Crippen molar-refractivity contribution < 1.29 is 13.9 Å². The zero-order chi connectivity index (χ0) is 22.0. The van der Waals surface area contributed by atoms with Gasteiger partial charge in [0, 0.05) is 36.3 Å². The van der Waals surface area contributed by atoms with E-state index in [1.54, 1.807) is 36.2 Å². The van der Waals surface area contributed by atoms with Crippen molar-refractivity contribution in [3.05, 3.63) is 59.5 Å². The van der Waals surface area contributed by atoms with Gasteiger partial charge < -0.3 is 9.64 Å². The van der Waals surface area contributed by atoms with Crippen LogP contribution >= 0.6 is 11.6 Å². The molecule has 4 rings (SSSR count). The number of piperidine rings is 1. The van der Waals surface area contributed by atoms with Gasteiger partial charge in [-0.05, 0) is 61.7 Å². The first kappa shape index (κ1) is 21.1. The number of likely N-dealkylation sites (tertiary alicyclic amines) is 1. The lowest BCUT2D eigenvalue weighted by atomic mass is 9.99. The summed E-state index contributed by atoms with van der Waals surface area (Å²) in [4.78, 5) is 18.9. The van der Waals surface area contributed by atoms with Crippen LogP contribution < -0.4 is 4.74 Å². The molecule has 31 heavy (non-hydrogen) atoms. The van der Waals surface area contributed by atoms with E-state index < -0.39 is 11.9 Å². The maximum Gasteiger partial charge on any atom is 0.263 e. The highest BCUT2D eigenvalue weighted by atomic mass is 35.5. The number of halogens is 2. The number of hydrogen-bond acceptors (Lipinski definition) is 4. The first-order valence-electron chi connectivity index (χ1n) is 10.2. The van der Waals surface area contributed by atoms with Gasteiger partial charge in [-0.1, -0.05) is 11.6 Å². The van der Waals surface area contributed by atoms with Gasteiger partial charge in [-0.2, -0.15) is 5.26 Å². The molecule has 0 N–H and O–H groups in total. The molecule has 2 atom stereocenters. The fourth-order valence-electron chi connectivity index (χ4n) is 3.94. The van der Waals surface area contributed by atoms with Crippen molar-refractivity contribution in [2.75, 3.05) is 13.1 Å². The lowest BCUT2D eigenvalue weighted by Gasteiger charge is -2.31. The van der Waals surface area contributed by atoms with Gasteiger partial charge in [-0.25, -0.2) is 4.39 Å². The molecule has 1 aliphatic heterocycles. The Morgan fingerprint density at radius 3 is 2.90 bits per heavy atom. The Kier molecular flexibility index (Phi) is 6.06. The van der Waals surface area contributed by atoms with Gasteiger partial charge in [0.1, 0.15) is 11.6 Å². The molecule has 0 aliphatic carbocycles. The first-order chi connectivity index (χ1) is 15.0. The van der Waals surface area contributed by atoms with E-state index in [9.17, 15) is 9.18 Å². The molecule has 0 radical (unpaired) electrons. The molecule has 5 nitrogen and oxygen atoms in total. The molecule has 3 aromatic rings. The molecule has 1 unspecified atom stereocenters. The summed E-state index contributed by atoms with van der Waals surface area (Å²) < 4.78 is 19.3. The Morgan fingerprint density at radius 2 is 2.13 bits per heavy atom. The molecule has 1 amide bonds. The number of carbonyl (C=O) groups is 1. The third-order valence-corrected chi connectivity index (χ3v) is 5.82. The lowest BCUT2D eigenvalue weighted by Crippen LogP contribution is -2.45. The number of nitriles is 1. The minimum absolute atomic E-state index is 0.119. The summed E-state index contributed by atoms with van der Waals surface area (Å²) in [5.74, 6) is -0.111. The summed E-state index contributed by atoms with van der Waals surface area (Å²) in [6, 6.07) is 13.8. The highest BCUT2D eigenvalue weighted by Gasteiger charge is 2.27. The molecule has 1 fully saturated rings. The number of benzene rings is 2. The number of aromatic nitrogens is 1. The standard InChI is InChI=1S/C24H21ClFN3O2/c1-15(24(30)29-10-2-3-16(13-27)14-29)31-18-5-7-21-19(8-9-28-23(21)12-18)20-6-4-17(26)11-22(20)25/h4-9,11-12,15-16H,2-3,10,14H2,1H3/t15-,16?/m1/s1. The van der Waals surface area contributed by atoms with Crippen LogP contribution in [0.1, 0.15) is 19.8 Å². The second-order valence-corrected chi connectivity index (χ2v) is 8.08. The summed E-state index contributed by atoms with van der Waals surface area (Å²) in [6.45, 7) is 2.81. The van der Waals surface area contributed by atoms with Crippen LogP contribution in [0.25, 0.3) is 22.0 Å². The van der Waals surface area contributed by atoms with Crippen LogP contribution in [0.15, 0.2) is 48.7 Å². The Hall–Kier alpha value is -3.17. The molecule has 1 aromatic heterocycles. The molecule has 1 aliphatic rings. The average molecular weight is 438 g/mol. The number of fused-ring (bicyclic) bond motifs is 1. The van der Waals surface area contributed by atoms with Crippen LogP contribution in [0.2, 0.25) is 5.02 Å². The Morgan fingerprint density at radius 1 is 1.29 bits per heavy atom. The summed E-state index contributed by atoms with van der Waals surface area (Å²) in [6.07, 6.45) is 2.63. The van der Waals surface area contributed by atoms with Gasteiger partial charge in [0.15, 0.2) is 6.10 Å². The number of amides is 1. The van der Waals surface area contributed by atoms with Gasteiger partial charge in [0.2, 0.25) is 0 Å². The van der Waals surface area contributed by atoms with E-state index in [4.69, 9.17) is 21.6 Å². The molecule has 0 saturated carbocycles. The van der Waals surface area contributed by atoms with Crippen molar-refractivity contribution in [2.45, 2.75) is 25.9 Å². The number of nitrogens with zero attached hydrogens (tertiary/aromatic N) is 3. The van der Waals surface area contributed by atoms with Gasteiger partial charge in [0.05, 0.1) is 22.5 Å². The average Bonchev–Trinajstić information content (AvgIpc) is 2.78. The molecule has 0 bridgehead atoms. The monoisotopic (exact) mass is 437 g/mol. The maximum absolute atomic E-state index is 13.4. The third kappa shape index (κ3) is 4.47. The van der Waals surface area contributed by atoms with Crippen LogP contribution in [0.4, 0.5) is 4.39 Å². The lowest BCUT2D eigenvalue weighted by molar-refractivity contribution is -0.139. The van der Waals surface area contributed by atoms with E-state index in [0.29, 0.717) is 34.9 Å². The maximum atomic E-state index is 13.4. The van der Waals surface area contributed by atoms with Crippen molar-refractivity contribution in [2.24, 2.45) is 5.92 Å². The smallest absolute Gasteiger partial charge is 0.263 e. The van der Waals surface area contributed by atoms with Gasteiger partial charge in [-0.15, -0.1) is 0 Å². The molecular formula is C24H21ClFN3O2. The van der Waals surface area contributed by atoms with Crippen LogP contribution in [-0.2, 0) is 4.79 Å². The predicted molar refractivity (Wildman–Crippen MR) is 117 cm³/mol. The highest BCUT2D eigenvalue weighted by molar-refractivity contribution is 6.33. The largest absolute Gasteiger partial charge is 0.481 e. The van der Waals surface area contributed by atoms with Crippen LogP contribution in [0.5, 0.6) is 5.75 Å². The number of ether oxygens (including phenoxy) is 1. The van der Waals surface area contributed by atoms with Crippen LogP contribution in [-0.4, -0.2) is 35.0 Å². The van der Waals surface area contributed by atoms with Crippen LogP contribution in [0.3, 0.4) is 0 Å². The number of pyridine rings is 1. The van der Waals surface area contributed by atoms with Crippen molar-refractivity contribution in [1.29, 1.82) is 5.26 Å². The summed E-state index contributed by atoms with van der Waals surface area (Å²) in [7, 11) is 0. The molecule has 0 spiro atoms. The predicted octanol–water partition coefficient (Wildman–Crippen LogP) is 5.22. The molecule has 7 heteroatoms. The normalized spacial score (nSPS) is 17.2. The summed E-state index contributed by atoms with van der Waals surface area (Å²) in [5.41, 5.74) is 2.23. The highest BCUT2D eigenvalue weighted by Crippen LogP contribution is 2.34. The zero-order valence-electron chi connectivity index (χ0n) is 17.0. The fourth-order valence-corrected chi connectivity index (χ4v) is 4.21. The molecule has 2 aromatic carbocycles. The second-order valence-electron chi connectivity index (χ2n) is 7.67. The van der Waals surface area contributed by atoms with Gasteiger partial charge >= 0.3 is 0 Å². The minimum Gasteiger partial charge on any atom is -0.481 e. The fraction of sp³-hybridized carbons (Fsp3) is 0.292. The molecular weight excluding hydrogens is 417 g/mol.